The third-order valence-electron chi connectivity index (χ3n) is 3.66. The lowest BCUT2D eigenvalue weighted by atomic mass is 10.1. The van der Waals surface area contributed by atoms with Gasteiger partial charge in [0.15, 0.2) is 18.2 Å². The van der Waals surface area contributed by atoms with Crippen molar-refractivity contribution in [3.05, 3.63) is 36.2 Å². The zero-order valence-corrected chi connectivity index (χ0v) is 15.3. The van der Waals surface area contributed by atoms with Crippen molar-refractivity contribution < 1.29 is 19.1 Å². The maximum Gasteiger partial charge on any atom is 0.326 e. The molecule has 1 aliphatic rings. The minimum absolute atomic E-state index is 0.151. The van der Waals surface area contributed by atoms with E-state index < -0.39 is 11.6 Å². The number of aromatic nitrogens is 2. The summed E-state index contributed by atoms with van der Waals surface area (Å²) in [5.74, 6) is -0.0836. The first-order valence-electron chi connectivity index (χ1n) is 8.31. The number of fused-ring (bicyclic) bond motifs is 1. The lowest BCUT2D eigenvalue weighted by Gasteiger charge is -2.29. The molecule has 0 saturated carbocycles. The lowest BCUT2D eigenvalue weighted by Crippen LogP contribution is -2.44. The summed E-state index contributed by atoms with van der Waals surface area (Å²) in [6.07, 6.45) is 3.34. The van der Waals surface area contributed by atoms with E-state index in [0.717, 1.165) is 16.8 Å². The highest BCUT2D eigenvalue weighted by Gasteiger charge is 2.30. The van der Waals surface area contributed by atoms with E-state index in [4.69, 9.17) is 9.47 Å². The molecule has 0 bridgehead atoms. The first-order valence-corrected chi connectivity index (χ1v) is 8.31. The molecule has 0 radical (unpaired) electrons. The van der Waals surface area contributed by atoms with Crippen molar-refractivity contribution in [3.8, 4) is 17.0 Å². The third-order valence-corrected chi connectivity index (χ3v) is 3.66. The van der Waals surface area contributed by atoms with Gasteiger partial charge < -0.3 is 9.47 Å². The van der Waals surface area contributed by atoms with Gasteiger partial charge in [-0.2, -0.15) is 0 Å². The molecule has 0 fully saturated rings. The molecule has 1 aliphatic heterocycles. The molecule has 3 heterocycles. The first-order chi connectivity index (χ1) is 12.2. The van der Waals surface area contributed by atoms with Crippen LogP contribution in [0.3, 0.4) is 0 Å². The van der Waals surface area contributed by atoms with E-state index in [1.54, 1.807) is 39.2 Å². The summed E-state index contributed by atoms with van der Waals surface area (Å²) >= 11 is 0. The van der Waals surface area contributed by atoms with Gasteiger partial charge in [0, 0.05) is 18.0 Å². The van der Waals surface area contributed by atoms with Crippen LogP contribution in [0.15, 0.2) is 30.6 Å². The summed E-state index contributed by atoms with van der Waals surface area (Å²) in [7, 11) is 0. The summed E-state index contributed by atoms with van der Waals surface area (Å²) in [4.78, 5) is 34.3. The van der Waals surface area contributed by atoms with Gasteiger partial charge in [0.25, 0.3) is 5.91 Å². The average molecular weight is 355 g/mol. The molecule has 26 heavy (non-hydrogen) atoms. The SMILES string of the molecule is Cc1ccnc(-c2cnc3c(c2)OCC(=O)N3CC(=O)OC(C)(C)C)c1. The van der Waals surface area contributed by atoms with Crippen molar-refractivity contribution in [1.82, 2.24) is 9.97 Å². The molecule has 0 N–H and O–H groups in total. The fraction of sp³-hybridized carbons (Fsp3) is 0.368. The van der Waals surface area contributed by atoms with Crippen LogP contribution in [0, 0.1) is 6.92 Å². The molecule has 136 valence electrons. The fourth-order valence-corrected chi connectivity index (χ4v) is 2.58. The Morgan fingerprint density at radius 1 is 1.31 bits per heavy atom. The van der Waals surface area contributed by atoms with Crippen LogP contribution in [-0.2, 0) is 14.3 Å². The first kappa shape index (κ1) is 17.8. The number of pyridine rings is 2. The molecule has 0 aromatic carbocycles. The number of nitrogens with zero attached hydrogens (tertiary/aromatic N) is 3. The van der Waals surface area contributed by atoms with Crippen molar-refractivity contribution in [2.45, 2.75) is 33.3 Å². The van der Waals surface area contributed by atoms with Crippen LogP contribution in [-0.4, -0.2) is 40.6 Å². The van der Waals surface area contributed by atoms with Crippen molar-refractivity contribution in [3.63, 3.8) is 0 Å². The van der Waals surface area contributed by atoms with E-state index in [1.807, 2.05) is 19.1 Å². The van der Waals surface area contributed by atoms with Gasteiger partial charge in [-0.3, -0.25) is 19.5 Å². The summed E-state index contributed by atoms with van der Waals surface area (Å²) in [5.41, 5.74) is 2.00. The number of ether oxygens (including phenoxy) is 2. The molecule has 0 saturated heterocycles. The van der Waals surface area contributed by atoms with E-state index in [-0.39, 0.29) is 19.1 Å². The molecule has 0 unspecified atom stereocenters. The minimum atomic E-state index is -0.622. The van der Waals surface area contributed by atoms with Crippen molar-refractivity contribution >= 4 is 17.7 Å². The summed E-state index contributed by atoms with van der Waals surface area (Å²) in [5, 5.41) is 0. The maximum atomic E-state index is 12.2. The molecule has 0 aliphatic carbocycles. The molecule has 7 heteroatoms. The summed E-state index contributed by atoms with van der Waals surface area (Å²) < 4.78 is 10.8. The average Bonchev–Trinajstić information content (AvgIpc) is 2.55. The molecule has 2 aromatic rings. The Balaban J connectivity index is 1.88. The number of carbonyl (C=O) groups is 2. The number of rotatable bonds is 3. The number of anilines is 1. The molecule has 1 amide bonds. The molecule has 3 rings (SSSR count). The molecule has 7 nitrogen and oxygen atoms in total. The van der Waals surface area contributed by atoms with E-state index in [2.05, 4.69) is 9.97 Å². The van der Waals surface area contributed by atoms with Crippen LogP contribution in [0.25, 0.3) is 11.3 Å². The van der Waals surface area contributed by atoms with Gasteiger partial charge in [-0.25, -0.2) is 4.98 Å². The lowest BCUT2D eigenvalue weighted by molar-refractivity contribution is -0.153. The van der Waals surface area contributed by atoms with Crippen molar-refractivity contribution in [2.24, 2.45) is 0 Å². The highest BCUT2D eigenvalue weighted by Crippen LogP contribution is 2.33. The van der Waals surface area contributed by atoms with E-state index >= 15 is 0 Å². The maximum absolute atomic E-state index is 12.2. The molecular weight excluding hydrogens is 334 g/mol. The smallest absolute Gasteiger partial charge is 0.326 e. The largest absolute Gasteiger partial charge is 0.480 e. The van der Waals surface area contributed by atoms with E-state index in [9.17, 15) is 9.59 Å². The molecule has 2 aromatic heterocycles. The van der Waals surface area contributed by atoms with Crippen LogP contribution < -0.4 is 9.64 Å². The quantitative estimate of drug-likeness (QED) is 0.787. The van der Waals surface area contributed by atoms with Gasteiger partial charge in [-0.15, -0.1) is 0 Å². The molecule has 0 atom stereocenters. The van der Waals surface area contributed by atoms with Crippen LogP contribution in [0.1, 0.15) is 26.3 Å². The second-order valence-corrected chi connectivity index (χ2v) is 7.12. The Kier molecular flexibility index (Phi) is 4.63. The van der Waals surface area contributed by atoms with Gasteiger partial charge in [-0.1, -0.05) is 0 Å². The van der Waals surface area contributed by atoms with Gasteiger partial charge in [0.1, 0.15) is 12.1 Å². The summed E-state index contributed by atoms with van der Waals surface area (Å²) in [6, 6.07) is 5.63. The van der Waals surface area contributed by atoms with Crippen LogP contribution in [0.4, 0.5) is 5.82 Å². The number of hydrogen-bond donors (Lipinski definition) is 0. The van der Waals surface area contributed by atoms with Gasteiger partial charge in [-0.05, 0) is 51.5 Å². The van der Waals surface area contributed by atoms with Gasteiger partial charge in [0.2, 0.25) is 0 Å². The Morgan fingerprint density at radius 3 is 2.77 bits per heavy atom. The Morgan fingerprint density at radius 2 is 2.08 bits per heavy atom. The molecule has 0 spiro atoms. The number of carbonyl (C=O) groups excluding carboxylic acids is 2. The summed E-state index contributed by atoms with van der Waals surface area (Å²) in [6.45, 7) is 6.95. The second kappa shape index (κ2) is 6.74. The van der Waals surface area contributed by atoms with Gasteiger partial charge in [0.05, 0.1) is 5.69 Å². The monoisotopic (exact) mass is 355 g/mol. The molecular formula is C19H21N3O4. The van der Waals surface area contributed by atoms with E-state index in [0.29, 0.717) is 11.6 Å². The number of amides is 1. The second-order valence-electron chi connectivity index (χ2n) is 7.12. The minimum Gasteiger partial charge on any atom is -0.480 e. The predicted molar refractivity (Wildman–Crippen MR) is 95.9 cm³/mol. The van der Waals surface area contributed by atoms with Crippen molar-refractivity contribution in [1.29, 1.82) is 0 Å². The zero-order valence-electron chi connectivity index (χ0n) is 15.3. The standard InChI is InChI=1S/C19H21N3O4/c1-12-5-6-20-14(7-12)13-8-15-18(21-9-13)22(16(23)11-25-15)10-17(24)26-19(2,3)4/h5-9H,10-11H2,1-4H3. The van der Waals surface area contributed by atoms with Crippen LogP contribution in [0.2, 0.25) is 0 Å². The van der Waals surface area contributed by atoms with Crippen LogP contribution in [0.5, 0.6) is 5.75 Å². The highest BCUT2D eigenvalue weighted by atomic mass is 16.6. The topological polar surface area (TPSA) is 81.6 Å². The Bertz CT molecular complexity index is 858. The number of esters is 1. The highest BCUT2D eigenvalue weighted by molar-refractivity contribution is 6.00. The van der Waals surface area contributed by atoms with Gasteiger partial charge >= 0.3 is 5.97 Å². The third kappa shape index (κ3) is 3.99. The Hall–Kier alpha value is -2.96. The number of hydrogen-bond acceptors (Lipinski definition) is 6. The Labute approximate surface area is 152 Å². The normalized spacial score (nSPS) is 13.8. The fourth-order valence-electron chi connectivity index (χ4n) is 2.58. The number of aryl methyl sites for hydroxylation is 1. The van der Waals surface area contributed by atoms with Crippen molar-refractivity contribution in [2.75, 3.05) is 18.1 Å². The van der Waals surface area contributed by atoms with Crippen LogP contribution >= 0.6 is 0 Å². The zero-order chi connectivity index (χ0) is 18.9. The predicted octanol–water partition coefficient (Wildman–Crippen LogP) is 2.52. The van der Waals surface area contributed by atoms with E-state index in [1.165, 1.54) is 4.90 Å².